The number of aliphatic hydroxyl groups excluding tert-OH is 1. The van der Waals surface area contributed by atoms with Crippen LogP contribution in [0.1, 0.15) is 17.8 Å². The van der Waals surface area contributed by atoms with E-state index in [4.69, 9.17) is 4.74 Å². The number of nitrogens with zero attached hydrogens (tertiary/aromatic N) is 3. The Morgan fingerprint density at radius 3 is 2.85 bits per heavy atom. The minimum absolute atomic E-state index is 0.00146. The molecule has 1 aliphatic rings. The zero-order valence-electron chi connectivity index (χ0n) is 15.3. The Morgan fingerprint density at radius 2 is 2.04 bits per heavy atom. The lowest BCUT2D eigenvalue weighted by Crippen LogP contribution is -2.36. The molecule has 2 heterocycles. The number of ether oxygens (including phenoxy) is 1. The molecular weight excluding hydrogens is 342 g/mol. The molecule has 3 aromatic rings. The molecule has 0 saturated heterocycles. The molecule has 0 fully saturated rings. The molecule has 0 bridgehead atoms. The normalized spacial score (nSPS) is 15.6. The van der Waals surface area contributed by atoms with Crippen molar-refractivity contribution in [2.24, 2.45) is 0 Å². The van der Waals surface area contributed by atoms with Crippen LogP contribution in [0.5, 0.6) is 5.75 Å². The third kappa shape index (κ3) is 3.53. The number of carbonyl (C=O) groups is 1. The first kappa shape index (κ1) is 17.5. The fraction of sp³-hybridized carbons (Fsp3) is 0.333. The van der Waals surface area contributed by atoms with Gasteiger partial charge in [0.25, 0.3) is 0 Å². The number of fused-ring (bicyclic) bond motifs is 2. The van der Waals surface area contributed by atoms with E-state index in [0.29, 0.717) is 25.3 Å². The van der Waals surface area contributed by atoms with Gasteiger partial charge in [-0.05, 0) is 23.8 Å². The molecule has 140 valence electrons. The van der Waals surface area contributed by atoms with Gasteiger partial charge in [-0.25, -0.2) is 4.98 Å². The van der Waals surface area contributed by atoms with E-state index in [9.17, 15) is 9.90 Å². The third-order valence-electron chi connectivity index (χ3n) is 5.04. The number of aliphatic hydroxyl groups is 1. The van der Waals surface area contributed by atoms with E-state index in [1.54, 1.807) is 4.90 Å². The Hall–Kier alpha value is -2.86. The summed E-state index contributed by atoms with van der Waals surface area (Å²) in [7, 11) is 1.81. The predicted molar refractivity (Wildman–Crippen MR) is 102 cm³/mol. The van der Waals surface area contributed by atoms with Crippen LogP contribution in [0.25, 0.3) is 11.0 Å². The van der Waals surface area contributed by atoms with Crippen molar-refractivity contribution in [1.82, 2.24) is 14.5 Å². The quantitative estimate of drug-likeness (QED) is 0.728. The number of rotatable bonds is 6. The van der Waals surface area contributed by atoms with Crippen molar-refractivity contribution < 1.29 is 14.6 Å². The Labute approximate surface area is 158 Å². The Morgan fingerprint density at radius 1 is 1.26 bits per heavy atom. The zero-order chi connectivity index (χ0) is 18.8. The van der Waals surface area contributed by atoms with Crippen LogP contribution >= 0.6 is 0 Å². The van der Waals surface area contributed by atoms with Gasteiger partial charge in [0, 0.05) is 26.4 Å². The van der Waals surface area contributed by atoms with Crippen molar-refractivity contribution in [3.05, 3.63) is 59.9 Å². The highest BCUT2D eigenvalue weighted by Gasteiger charge is 2.25. The van der Waals surface area contributed by atoms with Crippen LogP contribution in [0.2, 0.25) is 0 Å². The van der Waals surface area contributed by atoms with E-state index in [1.807, 2.05) is 54.1 Å². The number of carbonyl (C=O) groups excluding carboxylic acids is 1. The predicted octanol–water partition coefficient (Wildman–Crippen LogP) is 2.38. The highest BCUT2D eigenvalue weighted by Crippen LogP contribution is 2.28. The van der Waals surface area contributed by atoms with Crippen LogP contribution in [-0.2, 0) is 24.4 Å². The molecule has 0 radical (unpaired) electrons. The number of hydrogen-bond donors (Lipinski definition) is 1. The minimum Gasteiger partial charge on any atom is -0.488 e. The van der Waals surface area contributed by atoms with Gasteiger partial charge in [0.2, 0.25) is 5.91 Å². The average Bonchev–Trinajstić information content (AvgIpc) is 3.26. The molecule has 0 aliphatic carbocycles. The van der Waals surface area contributed by atoms with Crippen LogP contribution in [0.15, 0.2) is 48.5 Å². The van der Waals surface area contributed by atoms with Crippen LogP contribution in [-0.4, -0.2) is 45.2 Å². The van der Waals surface area contributed by atoms with Crippen molar-refractivity contribution in [2.45, 2.75) is 32.1 Å². The average molecular weight is 365 g/mol. The first-order chi connectivity index (χ1) is 13.2. The maximum Gasteiger partial charge on any atom is 0.224 e. The summed E-state index contributed by atoms with van der Waals surface area (Å²) in [6.45, 7) is 0.906. The molecule has 1 atom stereocenters. The summed E-state index contributed by atoms with van der Waals surface area (Å²) in [5, 5.41) is 9.57. The van der Waals surface area contributed by atoms with Crippen LogP contribution in [0, 0.1) is 0 Å². The maximum absolute atomic E-state index is 12.6. The first-order valence-electron chi connectivity index (χ1n) is 9.19. The lowest BCUT2D eigenvalue weighted by atomic mass is 10.1. The molecule has 1 unspecified atom stereocenters. The van der Waals surface area contributed by atoms with Crippen molar-refractivity contribution in [2.75, 3.05) is 13.6 Å². The molecule has 0 spiro atoms. The second-order valence-electron chi connectivity index (χ2n) is 6.90. The van der Waals surface area contributed by atoms with Gasteiger partial charge < -0.3 is 19.3 Å². The second kappa shape index (κ2) is 7.40. The number of amides is 1. The fourth-order valence-electron chi connectivity index (χ4n) is 3.66. The van der Waals surface area contributed by atoms with Crippen LogP contribution in [0.4, 0.5) is 0 Å². The lowest BCUT2D eigenvalue weighted by Gasteiger charge is -2.21. The number of hydrogen-bond acceptors (Lipinski definition) is 4. The summed E-state index contributed by atoms with van der Waals surface area (Å²) in [5.41, 5.74) is 2.96. The molecule has 1 N–H and O–H groups in total. The molecule has 1 amide bonds. The Balaban J connectivity index is 1.37. The SMILES string of the molecule is CN(CC1Cc2ccccc2O1)C(=O)CCn1c(CO)nc2ccccc21. The zero-order valence-corrected chi connectivity index (χ0v) is 15.3. The number of imidazole rings is 1. The highest BCUT2D eigenvalue weighted by molar-refractivity contribution is 5.78. The molecule has 6 nitrogen and oxygen atoms in total. The van der Waals surface area contributed by atoms with E-state index in [0.717, 1.165) is 23.2 Å². The van der Waals surface area contributed by atoms with Gasteiger partial charge in [-0.3, -0.25) is 4.79 Å². The molecular formula is C21H23N3O3. The Bertz CT molecular complexity index is 941. The first-order valence-corrected chi connectivity index (χ1v) is 9.19. The van der Waals surface area contributed by atoms with E-state index >= 15 is 0 Å². The van der Waals surface area contributed by atoms with Gasteiger partial charge in [-0.1, -0.05) is 30.3 Å². The number of aromatic nitrogens is 2. The van der Waals surface area contributed by atoms with Gasteiger partial charge in [0.05, 0.1) is 17.6 Å². The van der Waals surface area contributed by atoms with E-state index < -0.39 is 0 Å². The topological polar surface area (TPSA) is 67.6 Å². The van der Waals surface area contributed by atoms with Crippen LogP contribution in [0.3, 0.4) is 0 Å². The molecule has 0 saturated carbocycles. The summed E-state index contributed by atoms with van der Waals surface area (Å²) in [6, 6.07) is 15.7. The van der Waals surface area contributed by atoms with E-state index in [2.05, 4.69) is 11.1 Å². The van der Waals surface area contributed by atoms with Gasteiger partial charge in [0.15, 0.2) is 0 Å². The molecule has 1 aromatic heterocycles. The summed E-state index contributed by atoms with van der Waals surface area (Å²) >= 11 is 0. The monoisotopic (exact) mass is 365 g/mol. The second-order valence-corrected chi connectivity index (χ2v) is 6.90. The van der Waals surface area contributed by atoms with Gasteiger partial charge in [-0.2, -0.15) is 0 Å². The molecule has 1 aliphatic heterocycles. The van der Waals surface area contributed by atoms with Crippen molar-refractivity contribution in [3.8, 4) is 5.75 Å². The lowest BCUT2D eigenvalue weighted by molar-refractivity contribution is -0.131. The van der Waals surface area contributed by atoms with Crippen molar-refractivity contribution in [3.63, 3.8) is 0 Å². The fourth-order valence-corrected chi connectivity index (χ4v) is 3.66. The molecule has 6 heteroatoms. The summed E-state index contributed by atoms with van der Waals surface area (Å²) < 4.78 is 7.85. The maximum atomic E-state index is 12.6. The van der Waals surface area contributed by atoms with Crippen LogP contribution < -0.4 is 4.74 Å². The minimum atomic E-state index is -0.146. The molecule has 2 aromatic carbocycles. The van der Waals surface area contributed by atoms with Gasteiger partial charge in [-0.15, -0.1) is 0 Å². The largest absolute Gasteiger partial charge is 0.488 e. The highest BCUT2D eigenvalue weighted by atomic mass is 16.5. The van der Waals surface area contributed by atoms with E-state index in [-0.39, 0.29) is 18.6 Å². The summed E-state index contributed by atoms with van der Waals surface area (Å²) in [5.74, 6) is 1.55. The number of para-hydroxylation sites is 3. The number of likely N-dealkylation sites (N-methyl/N-ethyl adjacent to an activating group) is 1. The summed E-state index contributed by atoms with van der Waals surface area (Å²) in [6.07, 6.45) is 1.18. The van der Waals surface area contributed by atoms with Crippen molar-refractivity contribution >= 4 is 16.9 Å². The smallest absolute Gasteiger partial charge is 0.224 e. The van der Waals surface area contributed by atoms with Gasteiger partial charge >= 0.3 is 0 Å². The van der Waals surface area contributed by atoms with Crippen molar-refractivity contribution in [1.29, 1.82) is 0 Å². The number of aryl methyl sites for hydroxylation is 1. The Kier molecular flexibility index (Phi) is 4.81. The molecule has 27 heavy (non-hydrogen) atoms. The standard InChI is InChI=1S/C21H23N3O3/c1-23(13-16-12-15-6-2-5-9-19(15)27-16)21(26)10-11-24-18-8-4-3-7-17(18)22-20(24)14-25/h2-9,16,25H,10-14H2,1H3. The van der Waals surface area contributed by atoms with E-state index in [1.165, 1.54) is 5.56 Å². The third-order valence-corrected chi connectivity index (χ3v) is 5.04. The van der Waals surface area contributed by atoms with Gasteiger partial charge in [0.1, 0.15) is 24.3 Å². The summed E-state index contributed by atoms with van der Waals surface area (Å²) in [4.78, 5) is 18.8. The number of benzene rings is 2. The molecule has 4 rings (SSSR count).